The predicted molar refractivity (Wildman–Crippen MR) is 77.1 cm³/mol. The largest absolute Gasteiger partial charge is 0.379 e. The highest BCUT2D eigenvalue weighted by Gasteiger charge is 2.10. The number of rotatable bonds is 5. The van der Waals surface area contributed by atoms with Gasteiger partial charge in [-0.1, -0.05) is 0 Å². The van der Waals surface area contributed by atoms with E-state index in [1.165, 1.54) is 0 Å². The van der Waals surface area contributed by atoms with Gasteiger partial charge in [-0.25, -0.2) is 0 Å². The maximum absolute atomic E-state index is 5.88. The summed E-state index contributed by atoms with van der Waals surface area (Å²) < 4.78 is 5.33. The van der Waals surface area contributed by atoms with Gasteiger partial charge in [-0.3, -0.25) is 10.00 Å². The quantitative estimate of drug-likeness (QED) is 0.636. The van der Waals surface area contributed by atoms with Crippen molar-refractivity contribution in [1.82, 2.24) is 25.1 Å². The van der Waals surface area contributed by atoms with Crippen molar-refractivity contribution in [3.8, 4) is 0 Å². The molecule has 1 saturated heterocycles. The summed E-state index contributed by atoms with van der Waals surface area (Å²) in [5.41, 5.74) is 0.653. The summed E-state index contributed by atoms with van der Waals surface area (Å²) in [6.07, 6.45) is 2.75. The number of hydrogen-bond donors (Lipinski definition) is 2. The third-order valence-corrected chi connectivity index (χ3v) is 3.50. The maximum Gasteiger partial charge on any atom is 0.226 e. The number of hydrogen-bond acceptors (Lipinski definition) is 6. The molecule has 3 rings (SSSR count). The van der Waals surface area contributed by atoms with Gasteiger partial charge in [-0.15, -0.1) is 0 Å². The molecule has 1 aliphatic heterocycles. The molecule has 0 bridgehead atoms. The summed E-state index contributed by atoms with van der Waals surface area (Å²) in [6.45, 7) is 5.61. The number of halogens is 1. The van der Waals surface area contributed by atoms with Crippen molar-refractivity contribution in [2.45, 2.75) is 6.42 Å². The van der Waals surface area contributed by atoms with Crippen molar-refractivity contribution in [3.05, 3.63) is 11.5 Å². The number of ether oxygens (including phenoxy) is 1. The van der Waals surface area contributed by atoms with Crippen molar-refractivity contribution in [3.63, 3.8) is 0 Å². The number of H-pyrrole nitrogens is 1. The fourth-order valence-corrected chi connectivity index (χ4v) is 2.45. The van der Waals surface area contributed by atoms with Crippen LogP contribution in [0.15, 0.2) is 6.20 Å². The van der Waals surface area contributed by atoms with Crippen LogP contribution in [0.5, 0.6) is 0 Å². The third-order valence-electron chi connectivity index (χ3n) is 3.33. The van der Waals surface area contributed by atoms with Gasteiger partial charge < -0.3 is 10.1 Å². The molecule has 8 heteroatoms. The van der Waals surface area contributed by atoms with E-state index in [2.05, 4.69) is 30.4 Å². The minimum absolute atomic E-state index is 0.220. The monoisotopic (exact) mass is 296 g/mol. The van der Waals surface area contributed by atoms with Gasteiger partial charge >= 0.3 is 0 Å². The van der Waals surface area contributed by atoms with Crippen LogP contribution in [-0.2, 0) is 4.74 Å². The first-order valence-electron chi connectivity index (χ1n) is 6.73. The summed E-state index contributed by atoms with van der Waals surface area (Å²) in [7, 11) is 0. The van der Waals surface area contributed by atoms with Crippen molar-refractivity contribution in [2.75, 3.05) is 44.7 Å². The van der Waals surface area contributed by atoms with E-state index in [0.29, 0.717) is 5.65 Å². The molecule has 20 heavy (non-hydrogen) atoms. The van der Waals surface area contributed by atoms with Crippen LogP contribution in [0.4, 0.5) is 5.82 Å². The highest BCUT2D eigenvalue weighted by Crippen LogP contribution is 2.19. The Bertz CT molecular complexity index is 568. The average molecular weight is 297 g/mol. The molecule has 0 atom stereocenters. The molecule has 0 amide bonds. The minimum Gasteiger partial charge on any atom is -0.379 e. The molecule has 0 spiro atoms. The number of fused-ring (bicyclic) bond motifs is 1. The van der Waals surface area contributed by atoms with E-state index in [-0.39, 0.29) is 5.28 Å². The van der Waals surface area contributed by atoms with E-state index in [4.69, 9.17) is 16.3 Å². The summed E-state index contributed by atoms with van der Waals surface area (Å²) >= 11 is 5.88. The molecule has 0 aliphatic carbocycles. The summed E-state index contributed by atoms with van der Waals surface area (Å²) in [5, 5.41) is 11.1. The van der Waals surface area contributed by atoms with E-state index in [9.17, 15) is 0 Å². The molecule has 0 aromatic carbocycles. The van der Waals surface area contributed by atoms with Crippen LogP contribution in [0.2, 0.25) is 5.28 Å². The van der Waals surface area contributed by atoms with Crippen molar-refractivity contribution < 1.29 is 4.74 Å². The van der Waals surface area contributed by atoms with Gasteiger partial charge in [0.15, 0.2) is 5.65 Å². The highest BCUT2D eigenvalue weighted by molar-refractivity contribution is 6.28. The van der Waals surface area contributed by atoms with Gasteiger partial charge in [0, 0.05) is 19.6 Å². The SMILES string of the molecule is Clc1nc(NCCCN2CCOCC2)c2cn[nH]c2n1. The second-order valence-electron chi connectivity index (χ2n) is 4.71. The molecule has 108 valence electrons. The van der Waals surface area contributed by atoms with E-state index in [1.54, 1.807) is 6.20 Å². The van der Waals surface area contributed by atoms with Gasteiger partial charge in [0.1, 0.15) is 5.82 Å². The summed E-state index contributed by atoms with van der Waals surface area (Å²) in [5.74, 6) is 0.732. The fourth-order valence-electron chi connectivity index (χ4n) is 2.28. The van der Waals surface area contributed by atoms with Crippen LogP contribution in [0.1, 0.15) is 6.42 Å². The molecule has 1 aliphatic rings. The number of nitrogens with zero attached hydrogens (tertiary/aromatic N) is 4. The Balaban J connectivity index is 1.53. The molecule has 0 unspecified atom stereocenters. The Kier molecular flexibility index (Phi) is 4.29. The van der Waals surface area contributed by atoms with Crippen LogP contribution in [-0.4, -0.2) is 64.5 Å². The van der Waals surface area contributed by atoms with Crippen LogP contribution < -0.4 is 5.32 Å². The van der Waals surface area contributed by atoms with Crippen LogP contribution >= 0.6 is 11.6 Å². The standard InChI is InChI=1S/C12H17ClN6O/c13-12-16-10(9-8-15-18-11(9)17-12)14-2-1-3-19-4-6-20-7-5-19/h8H,1-7H2,(H2,14,15,16,17,18). The molecule has 0 radical (unpaired) electrons. The van der Waals surface area contributed by atoms with Crippen LogP contribution in [0.3, 0.4) is 0 Å². The molecule has 1 fully saturated rings. The molecular weight excluding hydrogens is 280 g/mol. The lowest BCUT2D eigenvalue weighted by molar-refractivity contribution is 0.0378. The van der Waals surface area contributed by atoms with Gasteiger partial charge in [0.05, 0.1) is 24.8 Å². The highest BCUT2D eigenvalue weighted by atomic mass is 35.5. The summed E-state index contributed by atoms with van der Waals surface area (Å²) in [4.78, 5) is 10.7. The van der Waals surface area contributed by atoms with Crippen molar-refractivity contribution in [1.29, 1.82) is 0 Å². The zero-order valence-corrected chi connectivity index (χ0v) is 11.9. The lowest BCUT2D eigenvalue weighted by Gasteiger charge is -2.26. The van der Waals surface area contributed by atoms with Gasteiger partial charge in [-0.2, -0.15) is 15.1 Å². The van der Waals surface area contributed by atoms with E-state index in [0.717, 1.165) is 57.0 Å². The number of aromatic amines is 1. The van der Waals surface area contributed by atoms with E-state index < -0.39 is 0 Å². The average Bonchev–Trinajstić information content (AvgIpc) is 2.92. The Morgan fingerprint density at radius 1 is 1.35 bits per heavy atom. The first kappa shape index (κ1) is 13.5. The first-order valence-corrected chi connectivity index (χ1v) is 7.11. The lowest BCUT2D eigenvalue weighted by Crippen LogP contribution is -2.37. The molecular formula is C12H17ClN6O. The van der Waals surface area contributed by atoms with Crippen LogP contribution in [0.25, 0.3) is 11.0 Å². The normalized spacial score (nSPS) is 16.6. The Morgan fingerprint density at radius 3 is 3.05 bits per heavy atom. The summed E-state index contributed by atoms with van der Waals surface area (Å²) in [6, 6.07) is 0. The van der Waals surface area contributed by atoms with Crippen LogP contribution in [0, 0.1) is 0 Å². The van der Waals surface area contributed by atoms with E-state index in [1.807, 2.05) is 0 Å². The topological polar surface area (TPSA) is 79.0 Å². The molecule has 0 saturated carbocycles. The van der Waals surface area contributed by atoms with E-state index >= 15 is 0 Å². The smallest absolute Gasteiger partial charge is 0.226 e. The van der Waals surface area contributed by atoms with Gasteiger partial charge in [0.2, 0.25) is 5.28 Å². The zero-order valence-electron chi connectivity index (χ0n) is 11.1. The van der Waals surface area contributed by atoms with Crippen molar-refractivity contribution in [2.24, 2.45) is 0 Å². The Labute approximate surface area is 121 Å². The Hall–Kier alpha value is -1.44. The van der Waals surface area contributed by atoms with Crippen molar-refractivity contribution >= 4 is 28.5 Å². The van der Waals surface area contributed by atoms with Gasteiger partial charge in [-0.05, 0) is 24.6 Å². The number of nitrogens with one attached hydrogen (secondary N) is 2. The maximum atomic E-state index is 5.88. The Morgan fingerprint density at radius 2 is 2.20 bits per heavy atom. The first-order chi connectivity index (χ1) is 9.83. The third kappa shape index (κ3) is 3.17. The number of anilines is 1. The lowest BCUT2D eigenvalue weighted by atomic mass is 10.3. The number of aromatic nitrogens is 4. The van der Waals surface area contributed by atoms with Gasteiger partial charge in [0.25, 0.3) is 0 Å². The zero-order chi connectivity index (χ0) is 13.8. The number of morpholine rings is 1. The molecule has 3 heterocycles. The molecule has 2 aromatic rings. The minimum atomic E-state index is 0.220. The second kappa shape index (κ2) is 6.34. The molecule has 2 aromatic heterocycles. The fraction of sp³-hybridized carbons (Fsp3) is 0.583. The molecule has 7 nitrogen and oxygen atoms in total. The predicted octanol–water partition coefficient (Wildman–Crippen LogP) is 1.14. The molecule has 2 N–H and O–H groups in total. The second-order valence-corrected chi connectivity index (χ2v) is 5.05.